The molecule has 0 bridgehead atoms. The van der Waals surface area contributed by atoms with Crippen LogP contribution in [0, 0.1) is 23.7 Å². The second kappa shape index (κ2) is 12.9. The molecule has 47 heavy (non-hydrogen) atoms. The number of aryl methyl sites for hydroxylation is 1. The Balaban J connectivity index is 1.41. The van der Waals surface area contributed by atoms with Crippen LogP contribution in [0.15, 0.2) is 47.5 Å². The zero-order chi connectivity index (χ0) is 33.6. The van der Waals surface area contributed by atoms with Crippen molar-refractivity contribution in [3.8, 4) is 5.75 Å². The minimum absolute atomic E-state index is 0.0248. The Morgan fingerprint density at radius 2 is 1.81 bits per heavy atom. The van der Waals surface area contributed by atoms with Gasteiger partial charge >= 0.3 is 0 Å². The molecule has 6 rings (SSSR count). The van der Waals surface area contributed by atoms with Crippen LogP contribution in [-0.2, 0) is 33.8 Å². The second-order valence-corrected chi connectivity index (χ2v) is 13.7. The van der Waals surface area contributed by atoms with E-state index in [0.717, 1.165) is 30.4 Å². The Morgan fingerprint density at radius 1 is 1.06 bits per heavy atom. The number of nitrogens with one attached hydrogen (secondary N) is 1. The van der Waals surface area contributed by atoms with E-state index in [0.29, 0.717) is 36.3 Å². The average molecular weight is 643 g/mol. The predicted molar refractivity (Wildman–Crippen MR) is 173 cm³/mol. The molecular weight excluding hydrogens is 600 g/mol. The van der Waals surface area contributed by atoms with Crippen LogP contribution in [0.5, 0.6) is 5.75 Å². The maximum Gasteiger partial charge on any atom is 0.255 e. The normalized spacial score (nSPS) is 24.6. The fourth-order valence-electron chi connectivity index (χ4n) is 8.44. The van der Waals surface area contributed by atoms with Crippen LogP contribution in [0.4, 0.5) is 0 Å². The van der Waals surface area contributed by atoms with Gasteiger partial charge in [0.1, 0.15) is 22.8 Å². The van der Waals surface area contributed by atoms with Crippen molar-refractivity contribution in [3.05, 3.63) is 75.3 Å². The number of hydrogen-bond donors (Lipinski definition) is 5. The summed E-state index contributed by atoms with van der Waals surface area (Å²) in [6.45, 7) is -0.0248. The fraction of sp³-hybridized carbons (Fsp3) is 0.472. The lowest BCUT2D eigenvalue weighted by molar-refractivity contribution is -0.136. The number of benzene rings is 1. The number of amides is 2. The lowest BCUT2D eigenvalue weighted by Crippen LogP contribution is -2.55. The molecule has 6 N–H and O–H groups in total. The predicted octanol–water partition coefficient (Wildman–Crippen LogP) is 3.69. The molecule has 1 aromatic carbocycles. The van der Waals surface area contributed by atoms with Crippen LogP contribution < -0.4 is 11.1 Å². The number of ketones is 2. The highest BCUT2D eigenvalue weighted by atomic mass is 16.3. The quantitative estimate of drug-likeness (QED) is 0.212. The molecule has 1 aromatic heterocycles. The number of likely N-dealkylation sites (N-methyl/N-ethyl adjacent to an activating group) is 1. The van der Waals surface area contributed by atoms with Crippen LogP contribution in [0.2, 0.25) is 0 Å². The number of nitrogens with zero attached hydrogens (tertiary/aromatic N) is 2. The van der Waals surface area contributed by atoms with Gasteiger partial charge in [0, 0.05) is 30.1 Å². The number of phenolic OH excluding ortho intramolecular Hbond substituents is 1. The molecule has 2 amide bonds. The van der Waals surface area contributed by atoms with Gasteiger partial charge in [0.25, 0.3) is 11.8 Å². The highest BCUT2D eigenvalue weighted by Gasteiger charge is 2.55. The van der Waals surface area contributed by atoms with E-state index in [1.54, 1.807) is 37.3 Å². The molecule has 11 nitrogen and oxygen atoms in total. The van der Waals surface area contributed by atoms with E-state index < -0.39 is 52.6 Å². The highest BCUT2D eigenvalue weighted by Crippen LogP contribution is 2.51. The number of rotatable bonds is 8. The molecule has 248 valence electrons. The SMILES string of the molecule is CN(C)[C@@H]1C(O)=C(C(N)=O)C(=O)C2C(=O)C3=C(O)c4c(O)c(CNC(=O)c5cccnc5)cc(CCC5CCCCC5)c4CC3CC21. The number of aromatic hydroxyl groups is 1. The highest BCUT2D eigenvalue weighted by molar-refractivity contribution is 6.28. The van der Waals surface area contributed by atoms with Crippen LogP contribution >= 0.6 is 0 Å². The van der Waals surface area contributed by atoms with Gasteiger partial charge < -0.3 is 26.4 Å². The van der Waals surface area contributed by atoms with Crippen molar-refractivity contribution in [2.24, 2.45) is 29.4 Å². The first-order valence-electron chi connectivity index (χ1n) is 16.5. The molecule has 11 heteroatoms. The minimum atomic E-state index is -1.31. The van der Waals surface area contributed by atoms with Crippen molar-refractivity contribution < 1.29 is 34.5 Å². The topological polar surface area (TPSA) is 183 Å². The number of allylic oxidation sites excluding steroid dienone is 1. The van der Waals surface area contributed by atoms with Crippen molar-refractivity contribution in [1.82, 2.24) is 15.2 Å². The molecule has 0 radical (unpaired) electrons. The molecule has 0 saturated heterocycles. The first-order valence-corrected chi connectivity index (χ1v) is 16.5. The van der Waals surface area contributed by atoms with E-state index in [-0.39, 0.29) is 35.1 Å². The smallest absolute Gasteiger partial charge is 0.255 e. The number of aromatic nitrogens is 1. The molecule has 0 aliphatic heterocycles. The van der Waals surface area contributed by atoms with Gasteiger partial charge in [-0.2, -0.15) is 0 Å². The van der Waals surface area contributed by atoms with Gasteiger partial charge in [-0.25, -0.2) is 0 Å². The van der Waals surface area contributed by atoms with E-state index in [2.05, 4.69) is 10.3 Å². The number of hydrogen-bond acceptors (Lipinski definition) is 9. The summed E-state index contributed by atoms with van der Waals surface area (Å²) in [6.07, 6.45) is 11.3. The van der Waals surface area contributed by atoms with Crippen molar-refractivity contribution in [2.75, 3.05) is 14.1 Å². The number of pyridine rings is 1. The van der Waals surface area contributed by atoms with Crippen molar-refractivity contribution >= 4 is 29.1 Å². The molecular formula is C36H42N4O7. The monoisotopic (exact) mass is 642 g/mol. The number of carbonyl (C=O) groups excluding carboxylic acids is 4. The first kappa shape index (κ1) is 32.4. The summed E-state index contributed by atoms with van der Waals surface area (Å²) >= 11 is 0. The van der Waals surface area contributed by atoms with E-state index in [9.17, 15) is 34.5 Å². The molecule has 0 spiro atoms. The number of aliphatic hydroxyl groups is 2. The van der Waals surface area contributed by atoms with Gasteiger partial charge in [0.15, 0.2) is 11.6 Å². The number of nitrogens with two attached hydrogens (primary N) is 1. The zero-order valence-corrected chi connectivity index (χ0v) is 26.8. The summed E-state index contributed by atoms with van der Waals surface area (Å²) in [7, 11) is 3.40. The maximum atomic E-state index is 14.2. The summed E-state index contributed by atoms with van der Waals surface area (Å²) in [4.78, 5) is 58.5. The van der Waals surface area contributed by atoms with Crippen LogP contribution in [0.3, 0.4) is 0 Å². The Bertz CT molecular complexity index is 1690. The summed E-state index contributed by atoms with van der Waals surface area (Å²) in [5.74, 6) is -5.87. The molecule has 3 unspecified atom stereocenters. The lowest BCUT2D eigenvalue weighted by atomic mass is 9.59. The Morgan fingerprint density at radius 3 is 2.47 bits per heavy atom. The summed E-state index contributed by atoms with van der Waals surface area (Å²) in [5, 5.41) is 37.3. The minimum Gasteiger partial charge on any atom is -0.510 e. The van der Waals surface area contributed by atoms with E-state index >= 15 is 0 Å². The third-order valence-electron chi connectivity index (χ3n) is 10.6. The molecule has 2 fully saturated rings. The second-order valence-electron chi connectivity index (χ2n) is 13.7. The third-order valence-corrected chi connectivity index (χ3v) is 10.6. The number of carbonyl (C=O) groups is 4. The van der Waals surface area contributed by atoms with Crippen LogP contribution in [0.1, 0.15) is 77.6 Å². The van der Waals surface area contributed by atoms with Crippen molar-refractivity contribution in [1.29, 1.82) is 0 Å². The first-order chi connectivity index (χ1) is 22.5. The number of phenols is 1. The van der Waals surface area contributed by atoms with Gasteiger partial charge in [0.05, 0.1) is 23.1 Å². The number of primary amides is 1. The zero-order valence-electron chi connectivity index (χ0n) is 26.8. The Labute approximate surface area is 273 Å². The Kier molecular flexibility index (Phi) is 8.93. The molecule has 4 aliphatic rings. The van der Waals surface area contributed by atoms with E-state index in [1.165, 1.54) is 25.5 Å². The van der Waals surface area contributed by atoms with Crippen LogP contribution in [0.25, 0.3) is 5.76 Å². The molecule has 1 heterocycles. The third kappa shape index (κ3) is 5.81. The molecule has 4 aliphatic carbocycles. The number of aliphatic hydroxyl groups excluding tert-OH is 2. The van der Waals surface area contributed by atoms with Gasteiger partial charge in [-0.05, 0) is 80.8 Å². The van der Waals surface area contributed by atoms with Gasteiger partial charge in [0.2, 0.25) is 0 Å². The van der Waals surface area contributed by atoms with Crippen molar-refractivity contribution in [3.63, 3.8) is 0 Å². The maximum absolute atomic E-state index is 14.2. The standard InChI is InChI=1S/C36H42N4O7/c1-40(2)29-24-15-21-14-23-19(11-10-18-7-4-3-5-8-18)13-22(17-39-36(47)20-9-6-12-38-16-20)30(41)26(23)31(42)25(21)32(43)27(24)33(44)28(34(29)45)35(37)46/h6,9,12-13,16,18,21,24,27,29,41-42,45H,3-5,7-8,10-11,14-15,17H2,1-2H3,(H2,37,46)(H,39,47)/t21?,24?,27?,29-/m0/s1. The van der Waals surface area contributed by atoms with Gasteiger partial charge in [-0.1, -0.05) is 38.2 Å². The van der Waals surface area contributed by atoms with Gasteiger partial charge in [-0.15, -0.1) is 0 Å². The fourth-order valence-corrected chi connectivity index (χ4v) is 8.44. The largest absolute Gasteiger partial charge is 0.510 e. The number of fused-ring (bicyclic) bond motifs is 3. The summed E-state index contributed by atoms with van der Waals surface area (Å²) in [6, 6.07) is 4.39. The summed E-state index contributed by atoms with van der Waals surface area (Å²) in [5.41, 5.74) is 7.54. The van der Waals surface area contributed by atoms with Crippen LogP contribution in [-0.4, -0.2) is 68.7 Å². The number of Topliss-reactive ketones (excluding diaryl/α,β-unsaturated/α-hetero) is 2. The van der Waals surface area contributed by atoms with E-state index in [4.69, 9.17) is 5.73 Å². The lowest BCUT2D eigenvalue weighted by Gasteiger charge is -2.46. The summed E-state index contributed by atoms with van der Waals surface area (Å²) < 4.78 is 0. The molecule has 4 atom stereocenters. The average Bonchev–Trinajstić information content (AvgIpc) is 3.04. The van der Waals surface area contributed by atoms with E-state index in [1.807, 2.05) is 6.07 Å². The van der Waals surface area contributed by atoms with Crippen molar-refractivity contribution in [2.45, 2.75) is 70.4 Å². The Hall–Kier alpha value is -4.51. The van der Waals surface area contributed by atoms with Gasteiger partial charge in [-0.3, -0.25) is 29.1 Å². The molecule has 2 aromatic rings. The molecule has 2 saturated carbocycles.